The van der Waals surface area contributed by atoms with Crippen LogP contribution in [0.15, 0.2) is 16.8 Å². The summed E-state index contributed by atoms with van der Waals surface area (Å²) >= 11 is 1.59. The van der Waals surface area contributed by atoms with Crippen molar-refractivity contribution in [3.05, 3.63) is 22.4 Å². The maximum atomic E-state index is 12.0. The molecule has 92 valence electrons. The molecule has 5 heteroatoms. The second kappa shape index (κ2) is 5.31. The lowest BCUT2D eigenvalue weighted by molar-refractivity contribution is -0.134. The molecule has 0 bridgehead atoms. The van der Waals surface area contributed by atoms with E-state index in [1.165, 1.54) is 0 Å². The number of rotatable bonds is 3. The van der Waals surface area contributed by atoms with Crippen LogP contribution in [0.3, 0.4) is 0 Å². The minimum atomic E-state index is -0.293. The molecule has 1 aliphatic rings. The van der Waals surface area contributed by atoms with Gasteiger partial charge >= 0.3 is 0 Å². The fourth-order valence-corrected chi connectivity index (χ4v) is 2.78. The number of nitrogens with zero attached hydrogens (tertiary/aromatic N) is 1. The Kier molecular flexibility index (Phi) is 3.78. The van der Waals surface area contributed by atoms with Crippen LogP contribution in [0.4, 0.5) is 0 Å². The average molecular weight is 252 g/mol. The van der Waals surface area contributed by atoms with Gasteiger partial charge in [0.2, 0.25) is 11.8 Å². The number of primary amides is 1. The summed E-state index contributed by atoms with van der Waals surface area (Å²) in [6, 6.07) is 1.96. The van der Waals surface area contributed by atoms with Crippen LogP contribution < -0.4 is 5.73 Å². The maximum absolute atomic E-state index is 12.0. The molecule has 1 aliphatic heterocycles. The van der Waals surface area contributed by atoms with E-state index in [9.17, 15) is 9.59 Å². The van der Waals surface area contributed by atoms with Crippen molar-refractivity contribution in [2.45, 2.75) is 19.3 Å². The van der Waals surface area contributed by atoms with Gasteiger partial charge in [-0.25, -0.2) is 0 Å². The third kappa shape index (κ3) is 3.06. The molecule has 2 N–H and O–H groups in total. The van der Waals surface area contributed by atoms with Gasteiger partial charge in [-0.05, 0) is 35.2 Å². The van der Waals surface area contributed by atoms with Gasteiger partial charge in [0.15, 0.2) is 0 Å². The molecule has 1 aromatic rings. The van der Waals surface area contributed by atoms with E-state index >= 15 is 0 Å². The minimum Gasteiger partial charge on any atom is -0.369 e. The van der Waals surface area contributed by atoms with E-state index < -0.39 is 0 Å². The number of piperidine rings is 1. The molecule has 1 saturated heterocycles. The number of nitrogens with two attached hydrogens (primary N) is 1. The molecule has 4 nitrogen and oxygen atoms in total. The lowest BCUT2D eigenvalue weighted by Gasteiger charge is -2.31. The molecule has 0 spiro atoms. The lowest BCUT2D eigenvalue weighted by Crippen LogP contribution is -2.44. The lowest BCUT2D eigenvalue weighted by atomic mass is 9.97. The van der Waals surface area contributed by atoms with Gasteiger partial charge in [0, 0.05) is 13.1 Å². The molecule has 0 aromatic carbocycles. The van der Waals surface area contributed by atoms with Gasteiger partial charge in [-0.2, -0.15) is 11.3 Å². The van der Waals surface area contributed by atoms with Gasteiger partial charge in [0.25, 0.3) is 0 Å². The molecule has 2 rings (SSSR count). The molecular weight excluding hydrogens is 236 g/mol. The summed E-state index contributed by atoms with van der Waals surface area (Å²) in [7, 11) is 0. The Bertz CT molecular complexity index is 403. The van der Waals surface area contributed by atoms with Gasteiger partial charge < -0.3 is 10.6 Å². The predicted octanol–water partition coefficient (Wildman–Crippen LogP) is 1.01. The smallest absolute Gasteiger partial charge is 0.227 e. The number of hydrogen-bond donors (Lipinski definition) is 1. The normalized spacial score (nSPS) is 20.2. The van der Waals surface area contributed by atoms with Gasteiger partial charge in [-0.15, -0.1) is 0 Å². The van der Waals surface area contributed by atoms with E-state index in [1.807, 2.05) is 16.8 Å². The minimum absolute atomic E-state index is 0.0920. The Morgan fingerprint density at radius 2 is 2.35 bits per heavy atom. The van der Waals surface area contributed by atoms with Crippen LogP contribution in [0.25, 0.3) is 0 Å². The zero-order chi connectivity index (χ0) is 12.3. The average Bonchev–Trinajstić information content (AvgIpc) is 2.82. The van der Waals surface area contributed by atoms with Crippen LogP contribution in [0.2, 0.25) is 0 Å². The number of thiophene rings is 1. The van der Waals surface area contributed by atoms with Crippen molar-refractivity contribution in [3.63, 3.8) is 0 Å². The van der Waals surface area contributed by atoms with Crippen molar-refractivity contribution in [2.24, 2.45) is 11.7 Å². The molecule has 0 unspecified atom stereocenters. The fraction of sp³-hybridized carbons (Fsp3) is 0.500. The van der Waals surface area contributed by atoms with Crippen LogP contribution in [-0.2, 0) is 16.0 Å². The first kappa shape index (κ1) is 12.1. The van der Waals surface area contributed by atoms with Crippen molar-refractivity contribution >= 4 is 23.2 Å². The van der Waals surface area contributed by atoms with Gasteiger partial charge in [0.1, 0.15) is 0 Å². The monoisotopic (exact) mass is 252 g/mol. The predicted molar refractivity (Wildman–Crippen MR) is 66.5 cm³/mol. The molecule has 0 saturated carbocycles. The molecule has 1 aromatic heterocycles. The largest absolute Gasteiger partial charge is 0.369 e. The van der Waals surface area contributed by atoms with Crippen LogP contribution in [0.1, 0.15) is 18.4 Å². The summed E-state index contributed by atoms with van der Waals surface area (Å²) in [5.41, 5.74) is 6.33. The molecule has 0 radical (unpaired) electrons. The number of carbonyl (C=O) groups excluding carboxylic acids is 2. The van der Waals surface area contributed by atoms with E-state index in [0.717, 1.165) is 24.9 Å². The highest BCUT2D eigenvalue weighted by molar-refractivity contribution is 7.07. The molecule has 2 amide bonds. The van der Waals surface area contributed by atoms with Crippen molar-refractivity contribution in [3.8, 4) is 0 Å². The van der Waals surface area contributed by atoms with Crippen LogP contribution in [0, 0.1) is 5.92 Å². The summed E-state index contributed by atoms with van der Waals surface area (Å²) in [5, 5.41) is 3.94. The van der Waals surface area contributed by atoms with E-state index in [1.54, 1.807) is 16.2 Å². The second-order valence-corrected chi connectivity index (χ2v) is 5.17. The van der Waals surface area contributed by atoms with E-state index in [4.69, 9.17) is 5.73 Å². The molecule has 0 aliphatic carbocycles. The highest BCUT2D eigenvalue weighted by atomic mass is 32.1. The van der Waals surface area contributed by atoms with Crippen molar-refractivity contribution in [2.75, 3.05) is 13.1 Å². The Hall–Kier alpha value is -1.36. The molecular formula is C12H16N2O2S. The first-order valence-corrected chi connectivity index (χ1v) is 6.69. The fourth-order valence-electron chi connectivity index (χ4n) is 2.12. The molecule has 2 heterocycles. The third-order valence-electron chi connectivity index (χ3n) is 3.11. The van der Waals surface area contributed by atoms with E-state index in [-0.39, 0.29) is 17.7 Å². The highest BCUT2D eigenvalue weighted by Gasteiger charge is 2.26. The zero-order valence-corrected chi connectivity index (χ0v) is 10.4. The Morgan fingerprint density at radius 1 is 1.53 bits per heavy atom. The third-order valence-corrected chi connectivity index (χ3v) is 3.84. The zero-order valence-electron chi connectivity index (χ0n) is 9.59. The summed E-state index contributed by atoms with van der Waals surface area (Å²) < 4.78 is 0. The van der Waals surface area contributed by atoms with E-state index in [2.05, 4.69) is 0 Å². The van der Waals surface area contributed by atoms with Crippen LogP contribution in [0.5, 0.6) is 0 Å². The number of hydrogen-bond acceptors (Lipinski definition) is 3. The quantitative estimate of drug-likeness (QED) is 0.872. The van der Waals surface area contributed by atoms with Crippen molar-refractivity contribution in [1.82, 2.24) is 4.90 Å². The van der Waals surface area contributed by atoms with Gasteiger partial charge in [-0.3, -0.25) is 9.59 Å². The van der Waals surface area contributed by atoms with Crippen LogP contribution >= 0.6 is 11.3 Å². The topological polar surface area (TPSA) is 63.4 Å². The summed E-state index contributed by atoms with van der Waals surface area (Å²) in [6.45, 7) is 1.23. The highest BCUT2D eigenvalue weighted by Crippen LogP contribution is 2.17. The number of likely N-dealkylation sites (tertiary alicyclic amines) is 1. The van der Waals surface area contributed by atoms with Crippen molar-refractivity contribution in [1.29, 1.82) is 0 Å². The first-order chi connectivity index (χ1) is 8.16. The Morgan fingerprint density at radius 3 is 3.00 bits per heavy atom. The Labute approximate surface area is 104 Å². The molecule has 1 atom stereocenters. The first-order valence-electron chi connectivity index (χ1n) is 5.75. The van der Waals surface area contributed by atoms with Crippen molar-refractivity contribution < 1.29 is 9.59 Å². The van der Waals surface area contributed by atoms with E-state index in [0.29, 0.717) is 13.0 Å². The van der Waals surface area contributed by atoms with Gasteiger partial charge in [0.05, 0.1) is 12.3 Å². The van der Waals surface area contributed by atoms with Crippen LogP contribution in [-0.4, -0.2) is 29.8 Å². The van der Waals surface area contributed by atoms with Gasteiger partial charge in [-0.1, -0.05) is 0 Å². The summed E-state index contributed by atoms with van der Waals surface area (Å²) in [4.78, 5) is 24.9. The SMILES string of the molecule is NC(=O)[C@@H]1CCCN(C(=O)Cc2ccsc2)C1. The number of carbonyl (C=O) groups is 2. The Balaban J connectivity index is 1.93. The molecule has 17 heavy (non-hydrogen) atoms. The maximum Gasteiger partial charge on any atom is 0.227 e. The molecule has 1 fully saturated rings. The second-order valence-electron chi connectivity index (χ2n) is 4.39. The summed E-state index contributed by atoms with van der Waals surface area (Å²) in [6.07, 6.45) is 2.09. The number of amides is 2. The summed E-state index contributed by atoms with van der Waals surface area (Å²) in [5.74, 6) is -0.373. The standard InChI is InChI=1S/C12H16N2O2S/c13-12(16)10-2-1-4-14(7-10)11(15)6-9-3-5-17-8-9/h3,5,8,10H,1-2,4,6-7H2,(H2,13,16)/t10-/m1/s1.